The highest BCUT2D eigenvalue weighted by atomic mass is 32.2. The molecule has 2 rings (SSSR count). The van der Waals surface area contributed by atoms with E-state index in [9.17, 15) is 9.59 Å². The number of nitrogens with zero attached hydrogens (tertiary/aromatic N) is 1. The Kier molecular flexibility index (Phi) is 7.20. The lowest BCUT2D eigenvalue weighted by molar-refractivity contribution is -0.152. The molecule has 1 aromatic carbocycles. The molecule has 1 aromatic rings. The summed E-state index contributed by atoms with van der Waals surface area (Å²) in [6.07, 6.45) is -0.276. The van der Waals surface area contributed by atoms with Crippen molar-refractivity contribution in [2.24, 2.45) is 0 Å². The van der Waals surface area contributed by atoms with Gasteiger partial charge >= 0.3 is 5.97 Å². The van der Waals surface area contributed by atoms with E-state index in [-0.39, 0.29) is 25.7 Å². The Morgan fingerprint density at radius 2 is 2.04 bits per heavy atom. The van der Waals surface area contributed by atoms with Crippen LogP contribution >= 0.6 is 11.8 Å². The lowest BCUT2D eigenvalue weighted by atomic mass is 10.3. The fraction of sp³-hybridized carbons (Fsp3) is 0.500. The van der Waals surface area contributed by atoms with Crippen molar-refractivity contribution in [2.45, 2.75) is 18.9 Å². The third-order valence-corrected chi connectivity index (χ3v) is 4.36. The first kappa shape index (κ1) is 18.4. The van der Waals surface area contributed by atoms with Crippen LogP contribution in [0.3, 0.4) is 0 Å². The molecule has 0 radical (unpaired) electrons. The molecule has 0 bridgehead atoms. The largest absolute Gasteiger partial charge is 0.493 e. The number of thioether (sulfide) groups is 1. The highest BCUT2D eigenvalue weighted by Gasteiger charge is 2.31. The lowest BCUT2D eigenvalue weighted by Crippen LogP contribution is -2.38. The third kappa shape index (κ3) is 5.04. The van der Waals surface area contributed by atoms with Crippen LogP contribution in [0.5, 0.6) is 11.5 Å². The maximum Gasteiger partial charge on any atom is 0.315 e. The monoisotopic (exact) mass is 355 g/mol. The van der Waals surface area contributed by atoms with Crippen LogP contribution in [0.4, 0.5) is 0 Å². The molecule has 132 valence electrons. The van der Waals surface area contributed by atoms with E-state index in [1.54, 1.807) is 26.2 Å². The topological polar surface area (TPSA) is 74.3 Å². The number of carbonyl (C=O) groups is 2. The van der Waals surface area contributed by atoms with Gasteiger partial charge in [0.05, 0.1) is 13.7 Å². The predicted molar refractivity (Wildman–Crippen MR) is 88.8 cm³/mol. The van der Waals surface area contributed by atoms with Gasteiger partial charge in [-0.05, 0) is 19.1 Å². The van der Waals surface area contributed by atoms with Crippen LogP contribution in [-0.2, 0) is 19.1 Å². The van der Waals surface area contributed by atoms with Gasteiger partial charge in [-0.25, -0.2) is 0 Å². The van der Waals surface area contributed by atoms with Gasteiger partial charge in [0.2, 0.25) is 5.91 Å². The third-order valence-electron chi connectivity index (χ3n) is 3.26. The van der Waals surface area contributed by atoms with Crippen LogP contribution in [-0.4, -0.2) is 55.1 Å². The molecule has 0 unspecified atom stereocenters. The van der Waals surface area contributed by atoms with Gasteiger partial charge in [-0.15, -0.1) is 11.8 Å². The van der Waals surface area contributed by atoms with Crippen molar-refractivity contribution in [3.05, 3.63) is 24.3 Å². The summed E-state index contributed by atoms with van der Waals surface area (Å²) in [7, 11) is 1.56. The fourth-order valence-corrected chi connectivity index (χ4v) is 3.22. The molecule has 0 saturated carbocycles. The smallest absolute Gasteiger partial charge is 0.315 e. The number of amides is 1. The zero-order chi connectivity index (χ0) is 17.4. The van der Waals surface area contributed by atoms with Crippen LogP contribution in [0.2, 0.25) is 0 Å². The molecule has 0 aromatic heterocycles. The maximum absolute atomic E-state index is 12.1. The van der Waals surface area contributed by atoms with Crippen LogP contribution in [0.1, 0.15) is 13.3 Å². The van der Waals surface area contributed by atoms with E-state index in [0.717, 1.165) is 5.75 Å². The average molecular weight is 355 g/mol. The molecule has 1 aliphatic heterocycles. The van der Waals surface area contributed by atoms with E-state index < -0.39 is 11.5 Å². The first-order valence-electron chi connectivity index (χ1n) is 7.59. The summed E-state index contributed by atoms with van der Waals surface area (Å²) >= 11 is 1.48. The molecular formula is C16H21NO6S. The number of para-hydroxylation sites is 2. The van der Waals surface area contributed by atoms with E-state index in [0.29, 0.717) is 18.0 Å². The summed E-state index contributed by atoms with van der Waals surface area (Å²) < 4.78 is 21.2. The van der Waals surface area contributed by atoms with E-state index in [1.165, 1.54) is 16.7 Å². The Morgan fingerprint density at radius 1 is 1.29 bits per heavy atom. The minimum atomic E-state index is -0.525. The number of hydrogen-bond donors (Lipinski definition) is 0. The Balaban J connectivity index is 1.83. The number of carbonyl (C=O) groups excluding carboxylic acids is 2. The Bertz CT molecular complexity index is 567. The molecule has 0 spiro atoms. The number of esters is 1. The molecule has 24 heavy (non-hydrogen) atoms. The van der Waals surface area contributed by atoms with E-state index in [1.807, 2.05) is 12.1 Å². The van der Waals surface area contributed by atoms with Crippen molar-refractivity contribution in [3.8, 4) is 11.5 Å². The second-order valence-corrected chi connectivity index (χ2v) is 5.97. The zero-order valence-electron chi connectivity index (χ0n) is 13.7. The van der Waals surface area contributed by atoms with Crippen LogP contribution in [0.25, 0.3) is 0 Å². The van der Waals surface area contributed by atoms with Crippen molar-refractivity contribution < 1.29 is 28.5 Å². The van der Waals surface area contributed by atoms with E-state index in [2.05, 4.69) is 0 Å². The standard InChI is InChI=1S/C16H21NO6S/c1-3-21-15(19)10-14(18)17-8-9-24-16(17)23-11-22-13-7-5-4-6-12(13)20-2/h4-7,16H,3,8-11H2,1-2H3/t16-/m1/s1. The first-order valence-corrected chi connectivity index (χ1v) is 8.64. The highest BCUT2D eigenvalue weighted by molar-refractivity contribution is 8.00. The fourth-order valence-electron chi connectivity index (χ4n) is 2.16. The van der Waals surface area contributed by atoms with Gasteiger partial charge < -0.3 is 23.8 Å². The normalized spacial score (nSPS) is 16.8. The molecule has 1 atom stereocenters. The van der Waals surface area contributed by atoms with Gasteiger partial charge in [0.25, 0.3) is 0 Å². The molecule has 1 saturated heterocycles. The lowest BCUT2D eigenvalue weighted by Gasteiger charge is -2.23. The summed E-state index contributed by atoms with van der Waals surface area (Å²) in [5, 5.41) is 0. The molecule has 7 nitrogen and oxygen atoms in total. The molecule has 1 fully saturated rings. The molecule has 1 aliphatic rings. The number of ether oxygens (including phenoxy) is 4. The van der Waals surface area contributed by atoms with Crippen molar-refractivity contribution in [1.82, 2.24) is 4.90 Å². The molecule has 0 aliphatic carbocycles. The second-order valence-electron chi connectivity index (χ2n) is 4.83. The van der Waals surface area contributed by atoms with Gasteiger partial charge in [0, 0.05) is 12.3 Å². The van der Waals surface area contributed by atoms with Gasteiger partial charge in [-0.1, -0.05) is 12.1 Å². The van der Waals surface area contributed by atoms with Crippen LogP contribution < -0.4 is 9.47 Å². The Morgan fingerprint density at radius 3 is 2.75 bits per heavy atom. The summed E-state index contributed by atoms with van der Waals surface area (Å²) in [6, 6.07) is 7.23. The molecule has 1 amide bonds. The van der Waals surface area contributed by atoms with Gasteiger partial charge in [0.15, 0.2) is 23.9 Å². The minimum absolute atomic E-state index is 0.0266. The first-order chi connectivity index (χ1) is 11.7. The Hall–Kier alpha value is -1.93. The number of hydrogen-bond acceptors (Lipinski definition) is 7. The second kappa shape index (κ2) is 9.39. The molecule has 8 heteroatoms. The summed E-state index contributed by atoms with van der Waals surface area (Å²) in [6.45, 7) is 2.46. The van der Waals surface area contributed by atoms with E-state index >= 15 is 0 Å². The minimum Gasteiger partial charge on any atom is -0.493 e. The molecule has 0 N–H and O–H groups in total. The maximum atomic E-state index is 12.1. The summed E-state index contributed by atoms with van der Waals surface area (Å²) in [4.78, 5) is 25.1. The van der Waals surface area contributed by atoms with Gasteiger partial charge in [-0.2, -0.15) is 0 Å². The summed E-state index contributed by atoms with van der Waals surface area (Å²) in [5.74, 6) is 1.08. The van der Waals surface area contributed by atoms with Crippen LogP contribution in [0.15, 0.2) is 24.3 Å². The Labute approximate surface area is 145 Å². The SMILES string of the molecule is CCOC(=O)CC(=O)N1CCS[C@H]1OCOc1ccccc1OC. The number of rotatable bonds is 8. The van der Waals surface area contributed by atoms with Crippen LogP contribution in [0, 0.1) is 0 Å². The predicted octanol–water partition coefficient (Wildman–Crippen LogP) is 1.86. The molecule has 1 heterocycles. The number of benzene rings is 1. The van der Waals surface area contributed by atoms with Crippen molar-refractivity contribution in [2.75, 3.05) is 32.8 Å². The zero-order valence-corrected chi connectivity index (χ0v) is 14.5. The van der Waals surface area contributed by atoms with Crippen molar-refractivity contribution in [1.29, 1.82) is 0 Å². The van der Waals surface area contributed by atoms with Crippen molar-refractivity contribution >= 4 is 23.6 Å². The van der Waals surface area contributed by atoms with Gasteiger partial charge in [-0.3, -0.25) is 9.59 Å². The van der Waals surface area contributed by atoms with Crippen molar-refractivity contribution in [3.63, 3.8) is 0 Å². The van der Waals surface area contributed by atoms with Gasteiger partial charge in [0.1, 0.15) is 6.42 Å². The highest BCUT2D eigenvalue weighted by Crippen LogP contribution is 2.28. The molecular weight excluding hydrogens is 334 g/mol. The quantitative estimate of drug-likeness (QED) is 0.400. The van der Waals surface area contributed by atoms with E-state index in [4.69, 9.17) is 18.9 Å². The number of methoxy groups -OCH3 is 1. The average Bonchev–Trinajstić information content (AvgIpc) is 3.04. The summed E-state index contributed by atoms with van der Waals surface area (Å²) in [5.41, 5.74) is -0.471.